The van der Waals surface area contributed by atoms with Crippen molar-refractivity contribution in [2.24, 2.45) is 0 Å². The van der Waals surface area contributed by atoms with E-state index in [1.165, 1.54) is 6.33 Å². The molecule has 0 bridgehead atoms. The van der Waals surface area contributed by atoms with Gasteiger partial charge in [-0.15, -0.1) is 0 Å². The number of fused-ring (bicyclic) bond motifs is 1. The van der Waals surface area contributed by atoms with Gasteiger partial charge in [-0.1, -0.05) is 6.07 Å². The van der Waals surface area contributed by atoms with Crippen molar-refractivity contribution in [2.45, 2.75) is 37.6 Å². The van der Waals surface area contributed by atoms with E-state index in [1.807, 2.05) is 19.1 Å². The molecule has 1 fully saturated rings. The molecule has 4 rings (SSSR count). The first-order chi connectivity index (χ1) is 13.4. The summed E-state index contributed by atoms with van der Waals surface area (Å²) in [6.45, 7) is 1.87. The first-order valence-corrected chi connectivity index (χ1v) is 9.81. The summed E-state index contributed by atoms with van der Waals surface area (Å²) < 4.78 is 13.8. The van der Waals surface area contributed by atoms with Crippen LogP contribution < -0.4 is 4.74 Å². The van der Waals surface area contributed by atoms with Crippen LogP contribution in [0.3, 0.4) is 0 Å². The van der Waals surface area contributed by atoms with E-state index in [9.17, 15) is 15.3 Å². The van der Waals surface area contributed by atoms with Crippen molar-refractivity contribution >= 4 is 33.6 Å². The number of ether oxygens (including phenoxy) is 2. The zero-order valence-electron chi connectivity index (χ0n) is 15.2. The van der Waals surface area contributed by atoms with Gasteiger partial charge in [-0.2, -0.15) is 0 Å². The van der Waals surface area contributed by atoms with Gasteiger partial charge in [0.2, 0.25) is 0 Å². The van der Waals surface area contributed by atoms with Crippen LogP contribution in [0.1, 0.15) is 23.6 Å². The summed E-state index contributed by atoms with van der Waals surface area (Å²) in [6, 6.07) is 7.09. The number of aryl methyl sites for hydroxylation is 1. The van der Waals surface area contributed by atoms with Crippen LogP contribution in [-0.4, -0.2) is 55.3 Å². The third-order valence-corrected chi connectivity index (χ3v) is 5.98. The number of benzene rings is 1. The molecule has 3 N–H and O–H groups in total. The van der Waals surface area contributed by atoms with Crippen molar-refractivity contribution in [1.29, 1.82) is 0 Å². The van der Waals surface area contributed by atoms with E-state index < -0.39 is 30.6 Å². The van der Waals surface area contributed by atoms with Gasteiger partial charge in [-0.3, -0.25) is 0 Å². The first-order valence-electron chi connectivity index (χ1n) is 8.73. The number of aromatic nitrogens is 3. The van der Waals surface area contributed by atoms with E-state index in [0.717, 1.165) is 14.7 Å². The molecular formula is C19H20IN3O5. The molecule has 8 nitrogen and oxygen atoms in total. The fraction of sp³-hybridized carbons (Fsp3) is 0.368. The molecule has 0 aliphatic carbocycles. The minimum absolute atomic E-state index is 0.532. The van der Waals surface area contributed by atoms with Crippen LogP contribution in [0.15, 0.2) is 36.8 Å². The van der Waals surface area contributed by atoms with Gasteiger partial charge in [0.05, 0.1) is 16.4 Å². The van der Waals surface area contributed by atoms with E-state index in [4.69, 9.17) is 9.47 Å². The molecule has 5 atom stereocenters. The molecule has 3 aromatic rings. The van der Waals surface area contributed by atoms with Crippen LogP contribution in [0.25, 0.3) is 11.0 Å². The van der Waals surface area contributed by atoms with Crippen LogP contribution in [0.4, 0.5) is 0 Å². The van der Waals surface area contributed by atoms with Gasteiger partial charge in [-0.25, -0.2) is 9.97 Å². The Morgan fingerprint density at radius 2 is 2.00 bits per heavy atom. The smallest absolute Gasteiger partial charge is 0.164 e. The van der Waals surface area contributed by atoms with Gasteiger partial charge in [0, 0.05) is 11.6 Å². The number of nitrogens with zero attached hydrogens (tertiary/aromatic N) is 3. The van der Waals surface area contributed by atoms with Gasteiger partial charge >= 0.3 is 0 Å². The first kappa shape index (κ1) is 19.5. The summed E-state index contributed by atoms with van der Waals surface area (Å²) in [7, 11) is 1.55. The summed E-state index contributed by atoms with van der Waals surface area (Å²) in [6.07, 6.45) is -2.36. The maximum absolute atomic E-state index is 10.8. The molecule has 0 saturated carbocycles. The van der Waals surface area contributed by atoms with E-state index in [2.05, 4.69) is 32.6 Å². The second kappa shape index (κ2) is 7.56. The quantitative estimate of drug-likeness (QED) is 0.471. The number of aliphatic hydroxyl groups is 3. The third-order valence-electron chi connectivity index (χ3n) is 5.09. The van der Waals surface area contributed by atoms with Crippen LogP contribution in [0.2, 0.25) is 0 Å². The number of hydrogen-bond donors (Lipinski definition) is 3. The lowest BCUT2D eigenvalue weighted by Gasteiger charge is -2.22. The van der Waals surface area contributed by atoms with Crippen LogP contribution in [-0.2, 0) is 4.74 Å². The van der Waals surface area contributed by atoms with Gasteiger partial charge in [0.15, 0.2) is 6.23 Å². The average molecular weight is 497 g/mol. The Bertz CT molecular complexity index is 1010. The molecule has 0 spiro atoms. The fourth-order valence-corrected chi connectivity index (χ4v) is 4.08. The molecule has 1 aliphatic rings. The van der Waals surface area contributed by atoms with E-state index in [1.54, 1.807) is 30.0 Å². The summed E-state index contributed by atoms with van der Waals surface area (Å²) in [5, 5.41) is 32.8. The summed E-state index contributed by atoms with van der Waals surface area (Å²) in [5.41, 5.74) is 1.93. The van der Waals surface area contributed by atoms with Crippen molar-refractivity contribution in [1.82, 2.24) is 14.5 Å². The Balaban J connectivity index is 1.65. The Kier molecular flexibility index (Phi) is 5.27. The molecule has 148 valence electrons. The normalized spacial score (nSPS) is 25.9. The standard InChI is InChI=1S/C19H20IN3O5/c1-9-11-5-6-23(18(11)22-8-21-9)19-16(26)15(25)17(28-19)14(24)10-3-4-12(20)13(7-10)27-2/h3-8,14-17,19,24-26H,1-2H3/t14-,15+,16-,17-,19-/m1/s1. The monoisotopic (exact) mass is 497 g/mol. The molecule has 9 heteroatoms. The van der Waals surface area contributed by atoms with Gasteiger partial charge in [0.1, 0.15) is 42.1 Å². The molecular weight excluding hydrogens is 477 g/mol. The minimum atomic E-state index is -1.27. The lowest BCUT2D eigenvalue weighted by Crippen LogP contribution is -2.34. The van der Waals surface area contributed by atoms with E-state index in [-0.39, 0.29) is 0 Å². The Hall–Kier alpha value is -1.79. The number of halogens is 1. The van der Waals surface area contributed by atoms with Crippen molar-refractivity contribution in [3.8, 4) is 5.75 Å². The highest BCUT2D eigenvalue weighted by Crippen LogP contribution is 2.38. The average Bonchev–Trinajstić information content (AvgIpc) is 3.24. The predicted octanol–water partition coefficient (Wildman–Crippen LogP) is 1.71. The zero-order chi connectivity index (χ0) is 20.0. The molecule has 3 heterocycles. The SMILES string of the molecule is COc1cc([C@@H](O)[C@H]2O[C@@H](n3ccc4c(C)ncnc43)[C@H](O)[C@@H]2O)ccc1I. The largest absolute Gasteiger partial charge is 0.496 e. The third kappa shape index (κ3) is 3.16. The van der Waals surface area contributed by atoms with Gasteiger partial charge in [0.25, 0.3) is 0 Å². The Morgan fingerprint density at radius 1 is 1.21 bits per heavy atom. The van der Waals surface area contributed by atoms with Crippen LogP contribution >= 0.6 is 22.6 Å². The topological polar surface area (TPSA) is 110 Å². The van der Waals surface area contributed by atoms with Crippen molar-refractivity contribution < 1.29 is 24.8 Å². The number of hydrogen-bond acceptors (Lipinski definition) is 7. The molecule has 0 amide bonds. The Labute approximate surface area is 174 Å². The zero-order valence-corrected chi connectivity index (χ0v) is 17.4. The summed E-state index contributed by atoms with van der Waals surface area (Å²) in [5.74, 6) is 0.616. The van der Waals surface area contributed by atoms with Crippen molar-refractivity contribution in [3.63, 3.8) is 0 Å². The second-order valence-corrected chi connectivity index (χ2v) is 7.89. The van der Waals surface area contributed by atoms with E-state index >= 15 is 0 Å². The van der Waals surface area contributed by atoms with Crippen LogP contribution in [0.5, 0.6) is 5.75 Å². The van der Waals surface area contributed by atoms with Crippen LogP contribution in [0, 0.1) is 10.5 Å². The molecule has 0 radical (unpaired) electrons. The lowest BCUT2D eigenvalue weighted by atomic mass is 9.99. The lowest BCUT2D eigenvalue weighted by molar-refractivity contribution is -0.0848. The second-order valence-electron chi connectivity index (χ2n) is 6.73. The molecule has 2 aromatic heterocycles. The number of rotatable bonds is 4. The molecule has 1 aromatic carbocycles. The fourth-order valence-electron chi connectivity index (χ4n) is 3.53. The highest BCUT2D eigenvalue weighted by atomic mass is 127. The minimum Gasteiger partial charge on any atom is -0.496 e. The molecule has 0 unspecified atom stereocenters. The summed E-state index contributed by atoms with van der Waals surface area (Å²) in [4.78, 5) is 8.42. The van der Waals surface area contributed by atoms with E-state index in [0.29, 0.717) is 17.0 Å². The highest BCUT2D eigenvalue weighted by Gasteiger charge is 2.47. The highest BCUT2D eigenvalue weighted by molar-refractivity contribution is 14.1. The molecule has 28 heavy (non-hydrogen) atoms. The molecule has 1 aliphatic heterocycles. The molecule has 1 saturated heterocycles. The maximum Gasteiger partial charge on any atom is 0.164 e. The van der Waals surface area contributed by atoms with Gasteiger partial charge < -0.3 is 29.4 Å². The number of methoxy groups -OCH3 is 1. The van der Waals surface area contributed by atoms with Crippen molar-refractivity contribution in [3.05, 3.63) is 51.6 Å². The number of aliphatic hydroxyl groups excluding tert-OH is 3. The van der Waals surface area contributed by atoms with Gasteiger partial charge in [-0.05, 0) is 53.3 Å². The predicted molar refractivity (Wildman–Crippen MR) is 109 cm³/mol. The maximum atomic E-state index is 10.8. The summed E-state index contributed by atoms with van der Waals surface area (Å²) >= 11 is 2.13. The Morgan fingerprint density at radius 3 is 2.75 bits per heavy atom. The van der Waals surface area contributed by atoms with Crippen molar-refractivity contribution in [2.75, 3.05) is 7.11 Å².